The first kappa shape index (κ1) is 11.8. The quantitative estimate of drug-likeness (QED) is 0.501. The lowest BCUT2D eigenvalue weighted by Crippen LogP contribution is -2.59. The zero-order valence-corrected chi connectivity index (χ0v) is 8.16. The Kier molecular flexibility index (Phi) is 4.24. The first-order chi connectivity index (χ1) is 6.65. The molecule has 0 aromatic rings. The van der Waals surface area contributed by atoms with Gasteiger partial charge >= 0.3 is 0 Å². The predicted molar refractivity (Wildman–Crippen MR) is 45.6 cm³/mol. The number of aliphatic hydroxyl groups excluding tert-OH is 3. The summed E-state index contributed by atoms with van der Waals surface area (Å²) in [5.74, 6) is 0. The summed E-state index contributed by atoms with van der Waals surface area (Å²) < 4.78 is 15.0. The lowest BCUT2D eigenvalue weighted by molar-refractivity contribution is -0.299. The Morgan fingerprint density at radius 2 is 1.79 bits per heavy atom. The van der Waals surface area contributed by atoms with E-state index in [1.165, 1.54) is 14.2 Å². The maximum absolute atomic E-state index is 9.59. The highest BCUT2D eigenvalue weighted by Crippen LogP contribution is 2.23. The molecule has 6 nitrogen and oxygen atoms in total. The van der Waals surface area contributed by atoms with Crippen LogP contribution < -0.4 is 0 Å². The summed E-state index contributed by atoms with van der Waals surface area (Å²) in [6, 6.07) is 0. The Labute approximate surface area is 82.0 Å². The SMILES string of the molecule is CO[C@@H]1O[C@H](CO)[C@@H](O)[C@H](O)[C@H]1OC. The molecule has 0 aliphatic carbocycles. The second kappa shape index (κ2) is 5.01. The lowest BCUT2D eigenvalue weighted by Gasteiger charge is -2.40. The van der Waals surface area contributed by atoms with Crippen LogP contribution in [0.25, 0.3) is 0 Å². The number of methoxy groups -OCH3 is 2. The van der Waals surface area contributed by atoms with Crippen molar-refractivity contribution in [3.8, 4) is 0 Å². The van der Waals surface area contributed by atoms with Gasteiger partial charge in [0.05, 0.1) is 6.61 Å². The highest BCUT2D eigenvalue weighted by molar-refractivity contribution is 4.89. The molecular formula is C8H16O6. The maximum Gasteiger partial charge on any atom is 0.186 e. The molecule has 1 fully saturated rings. The Morgan fingerprint density at radius 1 is 1.14 bits per heavy atom. The molecule has 0 saturated carbocycles. The zero-order valence-electron chi connectivity index (χ0n) is 8.16. The molecule has 3 N–H and O–H groups in total. The van der Waals surface area contributed by atoms with Crippen molar-refractivity contribution in [1.29, 1.82) is 0 Å². The van der Waals surface area contributed by atoms with Crippen LogP contribution in [0.2, 0.25) is 0 Å². The van der Waals surface area contributed by atoms with Crippen LogP contribution in [0.15, 0.2) is 0 Å². The monoisotopic (exact) mass is 208 g/mol. The van der Waals surface area contributed by atoms with Gasteiger partial charge in [0.25, 0.3) is 0 Å². The van der Waals surface area contributed by atoms with Gasteiger partial charge in [0.1, 0.15) is 24.4 Å². The van der Waals surface area contributed by atoms with Crippen molar-refractivity contribution in [3.05, 3.63) is 0 Å². The number of aliphatic hydroxyl groups is 3. The molecule has 0 spiro atoms. The van der Waals surface area contributed by atoms with Gasteiger partial charge < -0.3 is 29.5 Å². The smallest absolute Gasteiger partial charge is 0.186 e. The average molecular weight is 208 g/mol. The fourth-order valence-corrected chi connectivity index (χ4v) is 1.50. The van der Waals surface area contributed by atoms with E-state index >= 15 is 0 Å². The van der Waals surface area contributed by atoms with Crippen molar-refractivity contribution in [2.24, 2.45) is 0 Å². The van der Waals surface area contributed by atoms with Gasteiger partial charge in [-0.15, -0.1) is 0 Å². The van der Waals surface area contributed by atoms with Crippen molar-refractivity contribution in [1.82, 2.24) is 0 Å². The zero-order chi connectivity index (χ0) is 10.7. The lowest BCUT2D eigenvalue weighted by atomic mass is 9.99. The molecule has 14 heavy (non-hydrogen) atoms. The third kappa shape index (κ3) is 2.05. The first-order valence-corrected chi connectivity index (χ1v) is 4.33. The molecule has 5 atom stereocenters. The van der Waals surface area contributed by atoms with Crippen molar-refractivity contribution < 1.29 is 29.5 Å². The van der Waals surface area contributed by atoms with Gasteiger partial charge in [-0.3, -0.25) is 0 Å². The molecule has 0 radical (unpaired) electrons. The fraction of sp³-hybridized carbons (Fsp3) is 1.00. The largest absolute Gasteiger partial charge is 0.394 e. The molecular weight excluding hydrogens is 192 g/mol. The third-order valence-corrected chi connectivity index (χ3v) is 2.33. The minimum atomic E-state index is -1.17. The fourth-order valence-electron chi connectivity index (χ4n) is 1.50. The predicted octanol–water partition coefficient (Wildman–Crippen LogP) is -1.91. The molecule has 0 bridgehead atoms. The highest BCUT2D eigenvalue weighted by Gasteiger charge is 2.44. The van der Waals surface area contributed by atoms with Crippen LogP contribution in [0, 0.1) is 0 Å². The van der Waals surface area contributed by atoms with E-state index in [2.05, 4.69) is 0 Å². The van der Waals surface area contributed by atoms with Crippen molar-refractivity contribution in [2.75, 3.05) is 20.8 Å². The van der Waals surface area contributed by atoms with E-state index < -0.39 is 30.7 Å². The Bertz CT molecular complexity index is 173. The van der Waals surface area contributed by atoms with Crippen LogP contribution >= 0.6 is 0 Å². The van der Waals surface area contributed by atoms with Crippen LogP contribution in [0.3, 0.4) is 0 Å². The van der Waals surface area contributed by atoms with Gasteiger partial charge in [0.15, 0.2) is 6.29 Å². The standard InChI is InChI=1S/C8H16O6/c1-12-7-6(11)5(10)4(3-9)14-8(7)13-2/h4-11H,3H2,1-2H3/t4-,5-,6+,7-,8-/m1/s1. The molecule has 1 heterocycles. The maximum atomic E-state index is 9.59. The minimum absolute atomic E-state index is 0.380. The van der Waals surface area contributed by atoms with Crippen LogP contribution in [0.1, 0.15) is 0 Å². The van der Waals surface area contributed by atoms with Gasteiger partial charge in [-0.05, 0) is 0 Å². The molecule has 0 aromatic carbocycles. The normalized spacial score (nSPS) is 43.9. The summed E-state index contributed by atoms with van der Waals surface area (Å²) >= 11 is 0. The van der Waals surface area contributed by atoms with Crippen LogP contribution in [-0.4, -0.2) is 66.9 Å². The number of hydrogen-bond acceptors (Lipinski definition) is 6. The molecule has 6 heteroatoms. The second-order valence-electron chi connectivity index (χ2n) is 3.14. The molecule has 1 rings (SSSR count). The summed E-state index contributed by atoms with van der Waals surface area (Å²) in [5, 5.41) is 27.9. The van der Waals surface area contributed by atoms with Crippen molar-refractivity contribution in [3.63, 3.8) is 0 Å². The molecule has 1 aliphatic rings. The van der Waals surface area contributed by atoms with E-state index in [9.17, 15) is 10.2 Å². The summed E-state index contributed by atoms with van der Waals surface area (Å²) in [5.41, 5.74) is 0. The van der Waals surface area contributed by atoms with Crippen molar-refractivity contribution >= 4 is 0 Å². The molecule has 0 unspecified atom stereocenters. The molecule has 84 valence electrons. The molecule has 0 aromatic heterocycles. The van der Waals surface area contributed by atoms with E-state index in [1.807, 2.05) is 0 Å². The summed E-state index contributed by atoms with van der Waals surface area (Å²) in [6.45, 7) is -0.380. The number of hydrogen-bond donors (Lipinski definition) is 3. The van der Waals surface area contributed by atoms with Gasteiger partial charge in [0.2, 0.25) is 0 Å². The van der Waals surface area contributed by atoms with Gasteiger partial charge in [-0.25, -0.2) is 0 Å². The molecule has 1 aliphatic heterocycles. The third-order valence-electron chi connectivity index (χ3n) is 2.33. The van der Waals surface area contributed by atoms with E-state index in [-0.39, 0.29) is 6.61 Å². The topological polar surface area (TPSA) is 88.4 Å². The van der Waals surface area contributed by atoms with Crippen LogP contribution in [0.5, 0.6) is 0 Å². The number of ether oxygens (including phenoxy) is 3. The Morgan fingerprint density at radius 3 is 2.21 bits per heavy atom. The number of rotatable bonds is 3. The first-order valence-electron chi connectivity index (χ1n) is 4.33. The van der Waals surface area contributed by atoms with E-state index in [1.54, 1.807) is 0 Å². The van der Waals surface area contributed by atoms with Crippen LogP contribution in [0.4, 0.5) is 0 Å². The Balaban J connectivity index is 2.71. The van der Waals surface area contributed by atoms with Gasteiger partial charge in [-0.1, -0.05) is 0 Å². The Hall–Kier alpha value is -0.240. The summed E-state index contributed by atoms with van der Waals surface area (Å²) in [4.78, 5) is 0. The van der Waals surface area contributed by atoms with Crippen LogP contribution in [-0.2, 0) is 14.2 Å². The van der Waals surface area contributed by atoms with Gasteiger partial charge in [0, 0.05) is 14.2 Å². The molecule has 1 saturated heterocycles. The summed E-state index contributed by atoms with van der Waals surface area (Å²) in [6.07, 6.45) is -4.68. The minimum Gasteiger partial charge on any atom is -0.394 e. The highest BCUT2D eigenvalue weighted by atomic mass is 16.7. The molecule has 0 amide bonds. The summed E-state index contributed by atoms with van der Waals surface area (Å²) in [7, 11) is 2.78. The van der Waals surface area contributed by atoms with Crippen molar-refractivity contribution in [2.45, 2.75) is 30.7 Å². The van der Waals surface area contributed by atoms with E-state index in [0.29, 0.717) is 0 Å². The van der Waals surface area contributed by atoms with E-state index in [0.717, 1.165) is 0 Å². The van der Waals surface area contributed by atoms with E-state index in [4.69, 9.17) is 19.3 Å². The second-order valence-corrected chi connectivity index (χ2v) is 3.14. The van der Waals surface area contributed by atoms with Gasteiger partial charge in [-0.2, -0.15) is 0 Å². The average Bonchev–Trinajstić information content (AvgIpc) is 2.21.